The molecule has 2 amide bonds. The molecule has 0 radical (unpaired) electrons. The number of rotatable bonds is 8. The first-order chi connectivity index (χ1) is 15.7. The summed E-state index contributed by atoms with van der Waals surface area (Å²) in [4.78, 5) is 30.6. The maximum absolute atomic E-state index is 13.3. The van der Waals surface area contributed by atoms with Gasteiger partial charge in [-0.05, 0) is 43.7 Å². The van der Waals surface area contributed by atoms with Crippen LogP contribution in [0.15, 0.2) is 18.5 Å². The first kappa shape index (κ1) is 22.8. The highest BCUT2D eigenvalue weighted by Gasteiger charge is 2.23. The first-order valence-corrected chi connectivity index (χ1v) is 12.2. The Balaban J connectivity index is 1.56. The molecule has 2 N–H and O–H groups in total. The lowest BCUT2D eigenvalue weighted by Gasteiger charge is -2.22. The third-order valence-corrected chi connectivity index (χ3v) is 7.01. The van der Waals surface area contributed by atoms with Gasteiger partial charge in [0.05, 0.1) is 29.5 Å². The van der Waals surface area contributed by atoms with Crippen molar-refractivity contribution >= 4 is 28.5 Å². The molecule has 7 heteroatoms. The third-order valence-electron chi connectivity index (χ3n) is 7.01. The maximum Gasteiger partial charge on any atom is 0.253 e. The van der Waals surface area contributed by atoms with Crippen LogP contribution in [-0.2, 0) is 16.1 Å². The zero-order valence-electron chi connectivity index (χ0n) is 19.2. The van der Waals surface area contributed by atoms with E-state index in [0.717, 1.165) is 31.2 Å². The zero-order chi connectivity index (χ0) is 22.3. The van der Waals surface area contributed by atoms with Crippen LogP contribution in [0.2, 0.25) is 0 Å². The van der Waals surface area contributed by atoms with Crippen molar-refractivity contribution in [1.29, 1.82) is 0 Å². The first-order valence-electron chi connectivity index (χ1n) is 12.2. The molecule has 0 aliphatic heterocycles. The Morgan fingerprint density at radius 3 is 2.50 bits per heavy atom. The molecule has 2 aromatic rings. The number of methoxy groups -OCH3 is 1. The average Bonchev–Trinajstić information content (AvgIpc) is 3.24. The Morgan fingerprint density at radius 1 is 1.06 bits per heavy atom. The average molecular weight is 441 g/mol. The van der Waals surface area contributed by atoms with Gasteiger partial charge in [0, 0.05) is 31.8 Å². The van der Waals surface area contributed by atoms with Crippen LogP contribution in [0, 0.1) is 11.8 Å². The quantitative estimate of drug-likeness (QED) is 0.632. The fourth-order valence-corrected chi connectivity index (χ4v) is 5.15. The molecule has 0 saturated heterocycles. The van der Waals surface area contributed by atoms with Crippen LogP contribution in [0.4, 0.5) is 5.69 Å². The van der Waals surface area contributed by atoms with Crippen LogP contribution in [0.1, 0.15) is 74.6 Å². The summed E-state index contributed by atoms with van der Waals surface area (Å²) in [5.74, 6) is 0.558. The highest BCUT2D eigenvalue weighted by molar-refractivity contribution is 6.07. The van der Waals surface area contributed by atoms with Gasteiger partial charge in [-0.1, -0.05) is 38.5 Å². The minimum atomic E-state index is -0.103. The number of fused-ring (bicyclic) bond motifs is 1. The molecule has 2 aliphatic carbocycles. The van der Waals surface area contributed by atoms with Crippen molar-refractivity contribution in [1.82, 2.24) is 14.9 Å². The lowest BCUT2D eigenvalue weighted by atomic mass is 9.88. The molecule has 174 valence electrons. The number of hydrogen-bond acceptors (Lipinski definition) is 4. The summed E-state index contributed by atoms with van der Waals surface area (Å²) in [5, 5.41) is 6.22. The van der Waals surface area contributed by atoms with E-state index in [0.29, 0.717) is 42.4 Å². The molecule has 7 nitrogen and oxygen atoms in total. The van der Waals surface area contributed by atoms with E-state index < -0.39 is 0 Å². The summed E-state index contributed by atoms with van der Waals surface area (Å²) >= 11 is 0. The topological polar surface area (TPSA) is 85.2 Å². The number of amides is 2. The molecule has 1 aromatic carbocycles. The second-order valence-electron chi connectivity index (χ2n) is 9.36. The van der Waals surface area contributed by atoms with Gasteiger partial charge in [-0.25, -0.2) is 4.98 Å². The van der Waals surface area contributed by atoms with E-state index >= 15 is 0 Å². The lowest BCUT2D eigenvalue weighted by Crippen LogP contribution is -2.31. The largest absolute Gasteiger partial charge is 0.383 e. The minimum Gasteiger partial charge on any atom is -0.383 e. The summed E-state index contributed by atoms with van der Waals surface area (Å²) in [6.07, 6.45) is 13.2. The number of carbonyl (C=O) groups excluding carboxylic acids is 2. The molecule has 0 bridgehead atoms. The summed E-state index contributed by atoms with van der Waals surface area (Å²) in [5.41, 5.74) is 2.71. The maximum atomic E-state index is 13.3. The monoisotopic (exact) mass is 440 g/mol. The van der Waals surface area contributed by atoms with Crippen molar-refractivity contribution in [2.45, 2.75) is 70.8 Å². The Labute approximate surface area is 190 Å². The van der Waals surface area contributed by atoms with Gasteiger partial charge < -0.3 is 19.9 Å². The van der Waals surface area contributed by atoms with Gasteiger partial charge in [0.15, 0.2) is 0 Å². The third kappa shape index (κ3) is 5.49. The minimum absolute atomic E-state index is 0.0522. The van der Waals surface area contributed by atoms with Crippen LogP contribution in [0.25, 0.3) is 11.0 Å². The fourth-order valence-electron chi connectivity index (χ4n) is 5.15. The molecule has 1 heterocycles. The van der Waals surface area contributed by atoms with Gasteiger partial charge >= 0.3 is 0 Å². The van der Waals surface area contributed by atoms with Crippen molar-refractivity contribution in [2.75, 3.05) is 25.6 Å². The number of nitrogens with zero attached hydrogens (tertiary/aromatic N) is 2. The van der Waals surface area contributed by atoms with Crippen molar-refractivity contribution in [2.24, 2.45) is 11.8 Å². The van der Waals surface area contributed by atoms with Gasteiger partial charge in [-0.3, -0.25) is 9.59 Å². The van der Waals surface area contributed by atoms with Gasteiger partial charge in [-0.15, -0.1) is 0 Å². The van der Waals surface area contributed by atoms with Crippen LogP contribution in [-0.4, -0.2) is 41.6 Å². The summed E-state index contributed by atoms with van der Waals surface area (Å²) in [6.45, 7) is 1.85. The number of benzene rings is 1. The van der Waals surface area contributed by atoms with Crippen LogP contribution >= 0.6 is 0 Å². The second kappa shape index (κ2) is 10.9. The summed E-state index contributed by atoms with van der Waals surface area (Å²) < 4.78 is 7.19. The number of imidazole rings is 1. The molecule has 0 spiro atoms. The molecule has 4 rings (SSSR count). The molecular weight excluding hydrogens is 404 g/mol. The van der Waals surface area contributed by atoms with E-state index in [1.807, 2.05) is 16.7 Å². The van der Waals surface area contributed by atoms with Crippen molar-refractivity contribution in [3.8, 4) is 0 Å². The number of nitrogens with one attached hydrogen (secondary N) is 2. The summed E-state index contributed by atoms with van der Waals surface area (Å²) in [6, 6.07) is 3.68. The van der Waals surface area contributed by atoms with E-state index in [4.69, 9.17) is 4.74 Å². The van der Waals surface area contributed by atoms with E-state index in [9.17, 15) is 9.59 Å². The van der Waals surface area contributed by atoms with Crippen molar-refractivity contribution in [3.63, 3.8) is 0 Å². The number of anilines is 1. The normalized spacial score (nSPS) is 18.0. The van der Waals surface area contributed by atoms with Crippen molar-refractivity contribution < 1.29 is 14.3 Å². The summed E-state index contributed by atoms with van der Waals surface area (Å²) in [7, 11) is 1.66. The number of aromatic nitrogens is 2. The lowest BCUT2D eigenvalue weighted by molar-refractivity contribution is -0.120. The zero-order valence-corrected chi connectivity index (χ0v) is 19.2. The van der Waals surface area contributed by atoms with Crippen molar-refractivity contribution in [3.05, 3.63) is 24.0 Å². The predicted octanol–water partition coefficient (Wildman–Crippen LogP) is 4.51. The fraction of sp³-hybridized carbons (Fsp3) is 0.640. The standard InChI is InChI=1S/C25H36N4O3/c1-32-13-12-29-17-27-22-15-20(28-24(30)19-10-6-3-7-11-19)14-21(23(22)29)25(31)26-16-18-8-4-2-5-9-18/h14-15,17-19H,2-13,16H2,1H3,(H,26,31)(H,28,30). The number of carbonyl (C=O) groups is 2. The molecule has 32 heavy (non-hydrogen) atoms. The van der Waals surface area contributed by atoms with Crippen LogP contribution in [0.3, 0.4) is 0 Å². The van der Waals surface area contributed by atoms with Gasteiger partial charge in [0.2, 0.25) is 5.91 Å². The Morgan fingerprint density at radius 2 is 1.78 bits per heavy atom. The van der Waals surface area contributed by atoms with E-state index in [1.54, 1.807) is 13.4 Å². The molecule has 1 aromatic heterocycles. The van der Waals surface area contributed by atoms with Gasteiger partial charge in [-0.2, -0.15) is 0 Å². The molecular formula is C25H36N4O3. The predicted molar refractivity (Wildman–Crippen MR) is 126 cm³/mol. The molecule has 2 aliphatic rings. The smallest absolute Gasteiger partial charge is 0.253 e. The van der Waals surface area contributed by atoms with Crippen LogP contribution in [0.5, 0.6) is 0 Å². The highest BCUT2D eigenvalue weighted by Crippen LogP contribution is 2.28. The molecule has 2 fully saturated rings. The van der Waals surface area contributed by atoms with E-state index in [-0.39, 0.29) is 17.7 Å². The second-order valence-corrected chi connectivity index (χ2v) is 9.36. The highest BCUT2D eigenvalue weighted by atomic mass is 16.5. The molecule has 0 unspecified atom stereocenters. The van der Waals surface area contributed by atoms with E-state index in [2.05, 4.69) is 15.6 Å². The Bertz CT molecular complexity index is 927. The SMILES string of the molecule is COCCn1cnc2cc(NC(=O)C3CCCCC3)cc(C(=O)NCC3CCCCC3)c21. The number of ether oxygens (including phenoxy) is 1. The van der Waals surface area contributed by atoms with E-state index in [1.165, 1.54) is 38.5 Å². The van der Waals surface area contributed by atoms with Crippen LogP contribution < -0.4 is 10.6 Å². The Kier molecular flexibility index (Phi) is 7.79. The molecule has 0 atom stereocenters. The van der Waals surface area contributed by atoms with Gasteiger partial charge in [0.1, 0.15) is 0 Å². The van der Waals surface area contributed by atoms with Gasteiger partial charge in [0.25, 0.3) is 5.91 Å². The Hall–Kier alpha value is -2.41. The number of hydrogen-bond donors (Lipinski definition) is 2. The molecule has 2 saturated carbocycles.